The summed E-state index contributed by atoms with van der Waals surface area (Å²) in [4.78, 5) is 37.3. The van der Waals surface area contributed by atoms with Crippen LogP contribution < -0.4 is 21.3 Å². The molecule has 2 aliphatic heterocycles. The van der Waals surface area contributed by atoms with Crippen LogP contribution in [0.2, 0.25) is 0 Å². The van der Waals surface area contributed by atoms with Crippen LogP contribution in [0.25, 0.3) is 0 Å². The Balaban J connectivity index is 0.00000182. The monoisotopic (exact) mass is 417 g/mol. The maximum absolute atomic E-state index is 12.2. The number of hydrogen-bond donors (Lipinski definition) is 4. The average molecular weight is 418 g/mol. The van der Waals surface area contributed by atoms with E-state index in [0.29, 0.717) is 25.1 Å². The van der Waals surface area contributed by atoms with Crippen molar-refractivity contribution in [2.24, 2.45) is 0 Å². The highest BCUT2D eigenvalue weighted by Gasteiger charge is 2.26. The van der Waals surface area contributed by atoms with Crippen molar-refractivity contribution in [3.8, 4) is 0 Å². The van der Waals surface area contributed by atoms with E-state index in [2.05, 4.69) is 26.2 Å². The van der Waals surface area contributed by atoms with Gasteiger partial charge in [-0.2, -0.15) is 0 Å². The van der Waals surface area contributed by atoms with Gasteiger partial charge < -0.3 is 16.0 Å². The maximum atomic E-state index is 12.2. The van der Waals surface area contributed by atoms with Gasteiger partial charge in [0, 0.05) is 44.0 Å². The molecule has 0 aromatic heterocycles. The first-order valence-electron chi connectivity index (χ1n) is 8.53. The largest absolute Gasteiger partial charge is 0.374 e. The number of hydrogen-bond acceptors (Lipinski definition) is 6. The number of benzene rings is 1. The Kier molecular flexibility index (Phi) is 9.51. The van der Waals surface area contributed by atoms with Gasteiger partial charge in [-0.25, -0.2) is 0 Å². The summed E-state index contributed by atoms with van der Waals surface area (Å²) in [5.74, 6) is -0.610. The lowest BCUT2D eigenvalue weighted by atomic mass is 10.1. The van der Waals surface area contributed by atoms with Crippen molar-refractivity contribution in [3.63, 3.8) is 0 Å². The van der Waals surface area contributed by atoms with E-state index < -0.39 is 6.04 Å². The van der Waals surface area contributed by atoms with E-state index in [1.54, 1.807) is 6.07 Å². The molecule has 1 unspecified atom stereocenters. The van der Waals surface area contributed by atoms with Gasteiger partial charge in [0.05, 0.1) is 6.54 Å². The van der Waals surface area contributed by atoms with Crippen molar-refractivity contribution in [3.05, 3.63) is 24.3 Å². The molecule has 1 aromatic rings. The molecule has 2 heterocycles. The number of rotatable bonds is 5. The number of amides is 3. The lowest BCUT2D eigenvalue weighted by molar-refractivity contribution is -0.133. The van der Waals surface area contributed by atoms with E-state index in [9.17, 15) is 14.4 Å². The molecule has 0 saturated carbocycles. The molecule has 0 bridgehead atoms. The normalized spacial score (nSPS) is 19.9. The Morgan fingerprint density at radius 1 is 1.15 bits per heavy atom. The maximum Gasteiger partial charge on any atom is 0.249 e. The third kappa shape index (κ3) is 6.99. The Hall–Kier alpha value is -1.87. The molecule has 2 aliphatic rings. The highest BCUT2D eigenvalue weighted by Crippen LogP contribution is 2.18. The number of carbonyl (C=O) groups excluding carboxylic acids is 3. The molecule has 0 radical (unpaired) electrons. The summed E-state index contributed by atoms with van der Waals surface area (Å²) in [7, 11) is 0. The third-order valence-electron chi connectivity index (χ3n) is 4.30. The lowest BCUT2D eigenvalue weighted by Crippen LogP contribution is -2.47. The van der Waals surface area contributed by atoms with Crippen LogP contribution in [0.15, 0.2) is 24.3 Å². The second kappa shape index (κ2) is 11.1. The molecule has 3 rings (SSSR count). The second-order valence-corrected chi connectivity index (χ2v) is 6.30. The summed E-state index contributed by atoms with van der Waals surface area (Å²) in [6.07, 6.45) is 0.786. The highest BCUT2D eigenvalue weighted by molar-refractivity contribution is 6.01. The number of nitrogens with one attached hydrogen (secondary N) is 4. The van der Waals surface area contributed by atoms with E-state index in [-0.39, 0.29) is 42.5 Å². The van der Waals surface area contributed by atoms with Crippen molar-refractivity contribution in [1.82, 2.24) is 15.5 Å². The molecule has 1 aromatic carbocycles. The third-order valence-corrected chi connectivity index (χ3v) is 4.30. The molecule has 4 N–H and O–H groups in total. The number of carbonyl (C=O) groups is 3. The summed E-state index contributed by atoms with van der Waals surface area (Å²) >= 11 is 0. The fourth-order valence-electron chi connectivity index (χ4n) is 2.99. The molecular formula is C17H25Cl2N5O3. The molecule has 10 heteroatoms. The zero-order valence-corrected chi connectivity index (χ0v) is 16.5. The topological polar surface area (TPSA) is 103 Å². The summed E-state index contributed by atoms with van der Waals surface area (Å²) in [6.45, 7) is 3.90. The van der Waals surface area contributed by atoms with Crippen LogP contribution in [-0.4, -0.2) is 61.4 Å². The van der Waals surface area contributed by atoms with E-state index >= 15 is 0 Å². The summed E-state index contributed by atoms with van der Waals surface area (Å²) in [6, 6.07) is 6.80. The quantitative estimate of drug-likeness (QED) is 0.523. The molecule has 0 spiro atoms. The number of nitrogens with zero attached hydrogens (tertiary/aromatic N) is 1. The Morgan fingerprint density at radius 2 is 1.85 bits per heavy atom. The number of piperazine rings is 1. The Bertz CT molecular complexity index is 668. The van der Waals surface area contributed by atoms with Gasteiger partial charge in [0.25, 0.3) is 0 Å². The predicted molar refractivity (Wildman–Crippen MR) is 109 cm³/mol. The van der Waals surface area contributed by atoms with Crippen molar-refractivity contribution in [2.45, 2.75) is 18.9 Å². The molecule has 3 amide bonds. The lowest BCUT2D eigenvalue weighted by Gasteiger charge is -2.26. The molecule has 1 atom stereocenters. The number of piperidine rings is 1. The van der Waals surface area contributed by atoms with Crippen LogP contribution in [0.5, 0.6) is 0 Å². The van der Waals surface area contributed by atoms with E-state index in [1.807, 2.05) is 18.2 Å². The molecule has 27 heavy (non-hydrogen) atoms. The fraction of sp³-hybridized carbons (Fsp3) is 0.471. The van der Waals surface area contributed by atoms with Crippen molar-refractivity contribution in [2.75, 3.05) is 43.4 Å². The minimum absolute atomic E-state index is 0. The number of halogens is 2. The molecule has 2 fully saturated rings. The van der Waals surface area contributed by atoms with E-state index in [4.69, 9.17) is 0 Å². The zero-order valence-electron chi connectivity index (χ0n) is 14.8. The van der Waals surface area contributed by atoms with Crippen molar-refractivity contribution >= 4 is 53.9 Å². The Morgan fingerprint density at radius 3 is 2.56 bits per heavy atom. The van der Waals surface area contributed by atoms with E-state index in [1.165, 1.54) is 0 Å². The Labute approximate surface area is 170 Å². The van der Waals surface area contributed by atoms with Crippen molar-refractivity contribution in [1.29, 1.82) is 0 Å². The fourth-order valence-corrected chi connectivity index (χ4v) is 2.99. The van der Waals surface area contributed by atoms with Gasteiger partial charge in [-0.1, -0.05) is 6.07 Å². The van der Waals surface area contributed by atoms with Gasteiger partial charge in [-0.05, 0) is 24.6 Å². The second-order valence-electron chi connectivity index (χ2n) is 6.30. The van der Waals surface area contributed by atoms with E-state index in [0.717, 1.165) is 31.9 Å². The van der Waals surface area contributed by atoms with Crippen LogP contribution in [-0.2, 0) is 14.4 Å². The molecular weight excluding hydrogens is 393 g/mol. The minimum atomic E-state index is -0.440. The predicted octanol–water partition coefficient (Wildman–Crippen LogP) is 0.591. The van der Waals surface area contributed by atoms with Gasteiger partial charge in [-0.3, -0.25) is 24.6 Å². The van der Waals surface area contributed by atoms with Crippen LogP contribution >= 0.6 is 24.8 Å². The van der Waals surface area contributed by atoms with Gasteiger partial charge in [0.1, 0.15) is 6.04 Å². The SMILES string of the molecule is Cl.Cl.O=C1CCC(Nc2cccc(NC(=O)CN3CCNCC3)c2)C(=O)N1. The average Bonchev–Trinajstić information content (AvgIpc) is 2.58. The zero-order chi connectivity index (χ0) is 17.6. The van der Waals surface area contributed by atoms with Crippen LogP contribution in [0.4, 0.5) is 11.4 Å². The van der Waals surface area contributed by atoms with Gasteiger partial charge in [-0.15, -0.1) is 24.8 Å². The summed E-state index contributed by atoms with van der Waals surface area (Å²) < 4.78 is 0. The minimum Gasteiger partial charge on any atom is -0.374 e. The molecule has 0 aliphatic carbocycles. The molecule has 150 valence electrons. The van der Waals surface area contributed by atoms with Crippen molar-refractivity contribution < 1.29 is 14.4 Å². The molecule has 2 saturated heterocycles. The first kappa shape index (κ1) is 23.2. The van der Waals surface area contributed by atoms with Gasteiger partial charge >= 0.3 is 0 Å². The first-order chi connectivity index (χ1) is 12.1. The summed E-state index contributed by atoms with van der Waals surface area (Å²) in [5, 5.41) is 11.6. The van der Waals surface area contributed by atoms with Crippen LogP contribution in [0.3, 0.4) is 0 Å². The van der Waals surface area contributed by atoms with Crippen LogP contribution in [0.1, 0.15) is 12.8 Å². The standard InChI is InChI=1S/C17H23N5O3.2ClH/c23-15-5-4-14(17(25)21-15)19-12-2-1-3-13(10-12)20-16(24)11-22-8-6-18-7-9-22;;/h1-3,10,14,18-19H,4-9,11H2,(H,20,24)(H,21,23,25);2*1H. The first-order valence-corrected chi connectivity index (χ1v) is 8.53. The smallest absolute Gasteiger partial charge is 0.249 e. The molecule has 8 nitrogen and oxygen atoms in total. The summed E-state index contributed by atoms with van der Waals surface area (Å²) in [5.41, 5.74) is 1.41. The van der Waals surface area contributed by atoms with Gasteiger partial charge in [0.15, 0.2) is 0 Å². The van der Waals surface area contributed by atoms with Crippen LogP contribution in [0, 0.1) is 0 Å². The van der Waals surface area contributed by atoms with Gasteiger partial charge in [0.2, 0.25) is 17.7 Å². The number of imide groups is 1. The highest BCUT2D eigenvalue weighted by atomic mass is 35.5. The number of anilines is 2.